The molecule has 2 aliphatic rings. The first kappa shape index (κ1) is 19.6. The summed E-state index contributed by atoms with van der Waals surface area (Å²) in [6.45, 7) is 0. The van der Waals surface area contributed by atoms with E-state index in [1.165, 1.54) is 4.90 Å². The van der Waals surface area contributed by atoms with Crippen molar-refractivity contribution >= 4 is 29.2 Å². The van der Waals surface area contributed by atoms with Crippen LogP contribution in [0.2, 0.25) is 0 Å². The maximum Gasteiger partial charge on any atom is 0.325 e. The first-order valence-electron chi connectivity index (χ1n) is 10.00. The maximum absolute atomic E-state index is 12.8. The Bertz CT molecular complexity index is 865. The van der Waals surface area contributed by atoms with Gasteiger partial charge >= 0.3 is 6.03 Å². The van der Waals surface area contributed by atoms with Crippen molar-refractivity contribution in [2.75, 3.05) is 0 Å². The number of aromatic nitrogens is 1. The van der Waals surface area contributed by atoms with Gasteiger partial charge in [-0.25, -0.2) is 4.79 Å². The second-order valence-electron chi connectivity index (χ2n) is 7.50. The first-order chi connectivity index (χ1) is 14.1. The molecule has 1 aliphatic heterocycles. The van der Waals surface area contributed by atoms with Crippen LogP contribution in [0.25, 0.3) is 0 Å². The lowest BCUT2D eigenvalue weighted by Crippen LogP contribution is -2.42. The minimum absolute atomic E-state index is 0.0417. The van der Waals surface area contributed by atoms with E-state index in [2.05, 4.69) is 15.6 Å². The molecular formula is C21H24N4O3S. The van der Waals surface area contributed by atoms with E-state index in [0.29, 0.717) is 0 Å². The van der Waals surface area contributed by atoms with Gasteiger partial charge in [-0.1, -0.05) is 25.3 Å². The monoisotopic (exact) mass is 412 g/mol. The number of thiophene rings is 1. The average molecular weight is 413 g/mol. The Morgan fingerprint density at radius 2 is 1.97 bits per heavy atom. The molecule has 4 rings (SSSR count). The molecule has 29 heavy (non-hydrogen) atoms. The highest BCUT2D eigenvalue weighted by atomic mass is 32.1. The lowest BCUT2D eigenvalue weighted by molar-refractivity contribution is -0.132. The maximum atomic E-state index is 12.8. The van der Waals surface area contributed by atoms with Gasteiger partial charge in [0.15, 0.2) is 0 Å². The van der Waals surface area contributed by atoms with E-state index >= 15 is 0 Å². The molecule has 2 aromatic heterocycles. The van der Waals surface area contributed by atoms with Crippen LogP contribution in [0.1, 0.15) is 55.0 Å². The van der Waals surface area contributed by atoms with Crippen molar-refractivity contribution in [3.63, 3.8) is 0 Å². The van der Waals surface area contributed by atoms with Crippen molar-refractivity contribution in [3.8, 4) is 0 Å². The number of hydrogen-bond acceptors (Lipinski definition) is 5. The summed E-state index contributed by atoms with van der Waals surface area (Å²) in [5.74, 6) is -0.557. The molecule has 1 saturated heterocycles. The van der Waals surface area contributed by atoms with E-state index in [1.807, 2.05) is 29.6 Å². The van der Waals surface area contributed by atoms with E-state index in [1.54, 1.807) is 23.7 Å². The molecule has 2 N–H and O–H groups in total. The molecule has 7 nitrogen and oxygen atoms in total. The van der Waals surface area contributed by atoms with E-state index in [4.69, 9.17) is 0 Å². The van der Waals surface area contributed by atoms with Gasteiger partial charge in [-0.15, -0.1) is 11.3 Å². The number of nitrogens with zero attached hydrogens (tertiary/aromatic N) is 2. The summed E-state index contributed by atoms with van der Waals surface area (Å²) in [5, 5.41) is 7.67. The number of hydrogen-bond donors (Lipinski definition) is 2. The SMILES string of the molecule is O=C(C[C@H]1NC(=O)N(C2CCCCC2)C1=O)N[C@H](c1ccncc1)c1cccs1. The number of urea groups is 1. The van der Waals surface area contributed by atoms with Crippen LogP contribution in [0.15, 0.2) is 42.0 Å². The molecule has 4 amide bonds. The van der Waals surface area contributed by atoms with Gasteiger partial charge in [-0.2, -0.15) is 0 Å². The van der Waals surface area contributed by atoms with E-state index in [9.17, 15) is 14.4 Å². The largest absolute Gasteiger partial charge is 0.344 e. The predicted octanol–water partition coefficient (Wildman–Crippen LogP) is 2.99. The molecule has 2 fully saturated rings. The molecule has 1 aliphatic carbocycles. The summed E-state index contributed by atoms with van der Waals surface area (Å²) in [4.78, 5) is 44.3. The van der Waals surface area contributed by atoms with Crippen LogP contribution in [-0.4, -0.2) is 39.8 Å². The second-order valence-corrected chi connectivity index (χ2v) is 8.48. The summed E-state index contributed by atoms with van der Waals surface area (Å²) in [6.07, 6.45) is 8.20. The second kappa shape index (κ2) is 8.73. The van der Waals surface area contributed by atoms with Crippen molar-refractivity contribution in [1.82, 2.24) is 20.5 Å². The summed E-state index contributed by atoms with van der Waals surface area (Å²) in [7, 11) is 0. The lowest BCUT2D eigenvalue weighted by atomic mass is 9.94. The third-order valence-corrected chi connectivity index (χ3v) is 6.49. The molecule has 0 aromatic carbocycles. The van der Waals surface area contributed by atoms with Crippen LogP contribution in [0, 0.1) is 0 Å². The summed E-state index contributed by atoms with van der Waals surface area (Å²) in [6, 6.07) is 6.09. The number of rotatable bonds is 6. The van der Waals surface area contributed by atoms with Crippen LogP contribution in [-0.2, 0) is 9.59 Å². The quantitative estimate of drug-likeness (QED) is 0.714. The molecule has 8 heteroatoms. The van der Waals surface area contributed by atoms with E-state index in [0.717, 1.165) is 42.5 Å². The van der Waals surface area contributed by atoms with Gasteiger partial charge in [0.25, 0.3) is 5.91 Å². The number of carbonyl (C=O) groups excluding carboxylic acids is 3. The fourth-order valence-electron chi connectivity index (χ4n) is 4.11. The van der Waals surface area contributed by atoms with Crippen molar-refractivity contribution in [1.29, 1.82) is 0 Å². The number of amides is 4. The lowest BCUT2D eigenvalue weighted by Gasteiger charge is -2.28. The number of pyridine rings is 1. The summed E-state index contributed by atoms with van der Waals surface area (Å²) >= 11 is 1.55. The van der Waals surface area contributed by atoms with Gasteiger partial charge in [0.2, 0.25) is 5.91 Å². The summed E-state index contributed by atoms with van der Waals surface area (Å²) < 4.78 is 0. The zero-order valence-corrected chi connectivity index (χ0v) is 16.9. The molecule has 152 valence electrons. The fraction of sp³-hybridized carbons (Fsp3) is 0.429. The Hall–Kier alpha value is -2.74. The zero-order chi connectivity index (χ0) is 20.2. The van der Waals surface area contributed by atoms with Crippen LogP contribution >= 0.6 is 11.3 Å². The van der Waals surface area contributed by atoms with E-state index in [-0.39, 0.29) is 36.3 Å². The minimum Gasteiger partial charge on any atom is -0.344 e. The zero-order valence-electron chi connectivity index (χ0n) is 16.0. The van der Waals surface area contributed by atoms with Crippen LogP contribution in [0.5, 0.6) is 0 Å². The van der Waals surface area contributed by atoms with Crippen molar-refractivity contribution < 1.29 is 14.4 Å². The predicted molar refractivity (Wildman–Crippen MR) is 109 cm³/mol. The molecule has 0 radical (unpaired) electrons. The molecule has 0 spiro atoms. The van der Waals surface area contributed by atoms with Gasteiger partial charge in [0, 0.05) is 23.3 Å². The highest BCUT2D eigenvalue weighted by Crippen LogP contribution is 2.27. The minimum atomic E-state index is -0.800. The van der Waals surface area contributed by atoms with Crippen molar-refractivity contribution in [2.24, 2.45) is 0 Å². The van der Waals surface area contributed by atoms with Gasteiger partial charge in [0.05, 0.1) is 12.5 Å². The third-order valence-electron chi connectivity index (χ3n) is 5.55. The molecule has 0 bridgehead atoms. The number of nitrogens with one attached hydrogen (secondary N) is 2. The Morgan fingerprint density at radius 1 is 1.21 bits per heavy atom. The first-order valence-corrected chi connectivity index (χ1v) is 10.9. The molecule has 2 aromatic rings. The van der Waals surface area contributed by atoms with E-state index < -0.39 is 6.04 Å². The van der Waals surface area contributed by atoms with Crippen LogP contribution < -0.4 is 10.6 Å². The van der Waals surface area contributed by atoms with Crippen molar-refractivity contribution in [3.05, 3.63) is 52.5 Å². The highest BCUT2D eigenvalue weighted by Gasteiger charge is 2.43. The Balaban J connectivity index is 1.43. The molecule has 2 atom stereocenters. The average Bonchev–Trinajstić information content (AvgIpc) is 3.36. The Kier molecular flexibility index (Phi) is 5.89. The van der Waals surface area contributed by atoms with Crippen LogP contribution in [0.4, 0.5) is 4.79 Å². The van der Waals surface area contributed by atoms with Gasteiger partial charge < -0.3 is 10.6 Å². The van der Waals surface area contributed by atoms with Gasteiger partial charge in [-0.3, -0.25) is 19.5 Å². The normalized spacial score (nSPS) is 21.1. The smallest absolute Gasteiger partial charge is 0.325 e. The van der Waals surface area contributed by atoms with Gasteiger partial charge in [0.1, 0.15) is 6.04 Å². The van der Waals surface area contributed by atoms with Gasteiger partial charge in [-0.05, 0) is 42.0 Å². The fourth-order valence-corrected chi connectivity index (χ4v) is 4.91. The Labute approximate surface area is 173 Å². The molecule has 3 heterocycles. The highest BCUT2D eigenvalue weighted by molar-refractivity contribution is 7.10. The standard InChI is InChI=1S/C21H24N4O3S/c26-18(24-19(17-7-4-12-29-17)14-8-10-22-11-9-14)13-16-20(27)25(21(28)23-16)15-5-2-1-3-6-15/h4,7-12,15-16,19H,1-3,5-6,13H2,(H,23,28)(H,24,26)/t16-,19-/m1/s1. The summed E-state index contributed by atoms with van der Waals surface area (Å²) in [5.41, 5.74) is 0.918. The molecule has 0 unspecified atom stereocenters. The molecule has 1 saturated carbocycles. The van der Waals surface area contributed by atoms with Crippen molar-refractivity contribution in [2.45, 2.75) is 56.7 Å². The number of imide groups is 1. The molecular weight excluding hydrogens is 388 g/mol. The number of carbonyl (C=O) groups is 3. The topological polar surface area (TPSA) is 91.4 Å². The Morgan fingerprint density at radius 3 is 2.66 bits per heavy atom. The van der Waals surface area contributed by atoms with Crippen LogP contribution in [0.3, 0.4) is 0 Å². The third kappa shape index (κ3) is 4.32.